The van der Waals surface area contributed by atoms with E-state index in [-0.39, 0.29) is 5.91 Å². The summed E-state index contributed by atoms with van der Waals surface area (Å²) in [7, 11) is 0. The fourth-order valence-electron chi connectivity index (χ4n) is 1.90. The zero-order valence-electron chi connectivity index (χ0n) is 9.63. The molecule has 0 fully saturated rings. The van der Waals surface area contributed by atoms with Crippen LogP contribution in [0, 0.1) is 0 Å². The SMILES string of the molecule is CCc1cnc(CC)c(C(N)=O)c1CC. The number of primary amides is 1. The molecule has 0 saturated heterocycles. The van der Waals surface area contributed by atoms with Crippen molar-refractivity contribution in [1.82, 2.24) is 4.98 Å². The molecule has 1 rings (SSSR count). The first-order valence-electron chi connectivity index (χ1n) is 5.45. The maximum atomic E-state index is 11.4. The summed E-state index contributed by atoms with van der Waals surface area (Å²) in [5.41, 5.74) is 9.06. The number of nitrogens with zero attached hydrogens (tertiary/aromatic N) is 1. The molecule has 3 heteroatoms. The molecule has 0 unspecified atom stereocenters. The highest BCUT2D eigenvalue weighted by atomic mass is 16.1. The second-order valence-electron chi connectivity index (χ2n) is 3.51. The van der Waals surface area contributed by atoms with Crippen molar-refractivity contribution in [3.05, 3.63) is 28.6 Å². The summed E-state index contributed by atoms with van der Waals surface area (Å²) in [6.07, 6.45) is 4.33. The van der Waals surface area contributed by atoms with Crippen LogP contribution < -0.4 is 5.73 Å². The van der Waals surface area contributed by atoms with E-state index in [1.165, 1.54) is 0 Å². The van der Waals surface area contributed by atoms with Crippen LogP contribution in [0.5, 0.6) is 0 Å². The maximum absolute atomic E-state index is 11.4. The van der Waals surface area contributed by atoms with Crippen molar-refractivity contribution in [1.29, 1.82) is 0 Å². The lowest BCUT2D eigenvalue weighted by molar-refractivity contribution is 0.0998. The van der Waals surface area contributed by atoms with Gasteiger partial charge in [-0.05, 0) is 30.4 Å². The van der Waals surface area contributed by atoms with Gasteiger partial charge in [-0.2, -0.15) is 0 Å². The molecule has 0 aromatic carbocycles. The zero-order valence-corrected chi connectivity index (χ0v) is 9.63. The van der Waals surface area contributed by atoms with Crippen molar-refractivity contribution in [3.8, 4) is 0 Å². The van der Waals surface area contributed by atoms with Gasteiger partial charge >= 0.3 is 0 Å². The molecule has 1 aromatic heterocycles. The number of pyridine rings is 1. The Morgan fingerprint density at radius 1 is 1.27 bits per heavy atom. The first-order chi connectivity index (χ1) is 7.15. The summed E-state index contributed by atoms with van der Waals surface area (Å²) in [5, 5.41) is 0. The van der Waals surface area contributed by atoms with Gasteiger partial charge in [0.1, 0.15) is 0 Å². The number of carbonyl (C=O) groups excluding carboxylic acids is 1. The van der Waals surface area contributed by atoms with E-state index >= 15 is 0 Å². The summed E-state index contributed by atoms with van der Waals surface area (Å²) in [4.78, 5) is 15.7. The molecule has 1 heterocycles. The molecule has 82 valence electrons. The van der Waals surface area contributed by atoms with Crippen molar-refractivity contribution < 1.29 is 4.79 Å². The third-order valence-electron chi connectivity index (χ3n) is 2.67. The number of carbonyl (C=O) groups is 1. The average Bonchev–Trinajstić information content (AvgIpc) is 2.26. The second-order valence-corrected chi connectivity index (χ2v) is 3.51. The monoisotopic (exact) mass is 206 g/mol. The third kappa shape index (κ3) is 2.17. The summed E-state index contributed by atoms with van der Waals surface area (Å²) < 4.78 is 0. The van der Waals surface area contributed by atoms with E-state index in [1.54, 1.807) is 0 Å². The minimum Gasteiger partial charge on any atom is -0.366 e. The fraction of sp³-hybridized carbons (Fsp3) is 0.500. The van der Waals surface area contributed by atoms with Crippen LogP contribution in [0.2, 0.25) is 0 Å². The van der Waals surface area contributed by atoms with Gasteiger partial charge in [-0.25, -0.2) is 0 Å². The van der Waals surface area contributed by atoms with Crippen LogP contribution in [-0.4, -0.2) is 10.9 Å². The largest absolute Gasteiger partial charge is 0.366 e. The molecule has 1 aromatic rings. The molecule has 0 radical (unpaired) electrons. The van der Waals surface area contributed by atoms with E-state index < -0.39 is 0 Å². The van der Waals surface area contributed by atoms with Gasteiger partial charge in [-0.3, -0.25) is 9.78 Å². The Morgan fingerprint density at radius 2 is 1.93 bits per heavy atom. The first kappa shape index (κ1) is 11.7. The number of hydrogen-bond acceptors (Lipinski definition) is 2. The van der Waals surface area contributed by atoms with E-state index in [9.17, 15) is 4.79 Å². The molecule has 0 spiro atoms. The molecule has 2 N–H and O–H groups in total. The zero-order chi connectivity index (χ0) is 11.4. The van der Waals surface area contributed by atoms with Gasteiger partial charge in [0, 0.05) is 6.20 Å². The highest BCUT2D eigenvalue weighted by molar-refractivity contribution is 5.95. The lowest BCUT2D eigenvalue weighted by Gasteiger charge is -2.13. The van der Waals surface area contributed by atoms with Gasteiger partial charge in [-0.1, -0.05) is 20.8 Å². The Hall–Kier alpha value is -1.38. The van der Waals surface area contributed by atoms with E-state index in [2.05, 4.69) is 11.9 Å². The van der Waals surface area contributed by atoms with Crippen LogP contribution >= 0.6 is 0 Å². The molecule has 1 amide bonds. The summed E-state index contributed by atoms with van der Waals surface area (Å²) in [6.45, 7) is 6.09. The van der Waals surface area contributed by atoms with Crippen molar-refractivity contribution >= 4 is 5.91 Å². The number of amides is 1. The van der Waals surface area contributed by atoms with Crippen LogP contribution in [0.3, 0.4) is 0 Å². The molecular weight excluding hydrogens is 188 g/mol. The molecule has 0 aliphatic carbocycles. The molecule has 0 atom stereocenters. The molecule has 0 aliphatic rings. The van der Waals surface area contributed by atoms with E-state index in [0.717, 1.165) is 36.1 Å². The number of aromatic nitrogens is 1. The Morgan fingerprint density at radius 3 is 2.33 bits per heavy atom. The first-order valence-corrected chi connectivity index (χ1v) is 5.45. The van der Waals surface area contributed by atoms with Crippen molar-refractivity contribution in [2.75, 3.05) is 0 Å². The van der Waals surface area contributed by atoms with E-state index in [1.807, 2.05) is 20.0 Å². The number of hydrogen-bond donors (Lipinski definition) is 1. The molecule has 0 aliphatic heterocycles. The normalized spacial score (nSPS) is 10.3. The van der Waals surface area contributed by atoms with Gasteiger partial charge in [-0.15, -0.1) is 0 Å². The average molecular weight is 206 g/mol. The summed E-state index contributed by atoms with van der Waals surface area (Å²) in [5.74, 6) is -0.355. The van der Waals surface area contributed by atoms with Gasteiger partial charge in [0.05, 0.1) is 11.3 Å². The highest BCUT2D eigenvalue weighted by Crippen LogP contribution is 2.18. The number of rotatable bonds is 4. The lowest BCUT2D eigenvalue weighted by atomic mass is 9.96. The molecule has 0 saturated carbocycles. The van der Waals surface area contributed by atoms with E-state index in [0.29, 0.717) is 5.56 Å². The minimum atomic E-state index is -0.355. The standard InChI is InChI=1S/C12H18N2O/c1-4-8-7-14-10(6-3)11(12(13)15)9(8)5-2/h7H,4-6H2,1-3H3,(H2,13,15). The highest BCUT2D eigenvalue weighted by Gasteiger charge is 2.15. The Kier molecular flexibility index (Phi) is 3.83. The molecule has 3 nitrogen and oxygen atoms in total. The molecule has 15 heavy (non-hydrogen) atoms. The minimum absolute atomic E-state index is 0.355. The quantitative estimate of drug-likeness (QED) is 0.817. The summed E-state index contributed by atoms with van der Waals surface area (Å²) in [6, 6.07) is 0. The van der Waals surface area contributed by atoms with Crippen molar-refractivity contribution in [2.45, 2.75) is 40.0 Å². The van der Waals surface area contributed by atoms with Crippen molar-refractivity contribution in [2.24, 2.45) is 5.73 Å². The predicted octanol–water partition coefficient (Wildman–Crippen LogP) is 1.87. The number of nitrogens with two attached hydrogens (primary N) is 1. The maximum Gasteiger partial charge on any atom is 0.250 e. The fourth-order valence-corrected chi connectivity index (χ4v) is 1.90. The predicted molar refractivity (Wildman–Crippen MR) is 60.9 cm³/mol. The van der Waals surface area contributed by atoms with Crippen LogP contribution in [-0.2, 0) is 19.3 Å². The lowest BCUT2D eigenvalue weighted by Crippen LogP contribution is -2.18. The Labute approximate surface area is 90.7 Å². The van der Waals surface area contributed by atoms with Crippen LogP contribution in [0.15, 0.2) is 6.20 Å². The van der Waals surface area contributed by atoms with Gasteiger partial charge in [0.2, 0.25) is 0 Å². The van der Waals surface area contributed by atoms with Gasteiger partial charge in [0.15, 0.2) is 0 Å². The van der Waals surface area contributed by atoms with E-state index in [4.69, 9.17) is 5.73 Å². The Balaban J connectivity index is 3.44. The van der Waals surface area contributed by atoms with Crippen LogP contribution in [0.25, 0.3) is 0 Å². The number of aryl methyl sites for hydroxylation is 2. The summed E-state index contributed by atoms with van der Waals surface area (Å²) >= 11 is 0. The van der Waals surface area contributed by atoms with Gasteiger partial charge in [0.25, 0.3) is 5.91 Å². The topological polar surface area (TPSA) is 56.0 Å². The Bertz CT molecular complexity index is 372. The smallest absolute Gasteiger partial charge is 0.250 e. The molecular formula is C12H18N2O. The molecule has 0 bridgehead atoms. The van der Waals surface area contributed by atoms with Crippen LogP contribution in [0.4, 0.5) is 0 Å². The second kappa shape index (κ2) is 4.91. The van der Waals surface area contributed by atoms with Gasteiger partial charge < -0.3 is 5.73 Å². The van der Waals surface area contributed by atoms with Crippen LogP contribution in [0.1, 0.15) is 48.0 Å². The van der Waals surface area contributed by atoms with Crippen molar-refractivity contribution in [3.63, 3.8) is 0 Å². The third-order valence-corrected chi connectivity index (χ3v) is 2.67.